The number of likely N-dealkylation sites (tertiary alicyclic amines) is 1. The maximum Gasteiger partial charge on any atom is 0.193 e. The van der Waals surface area contributed by atoms with Crippen molar-refractivity contribution in [3.05, 3.63) is 29.8 Å². The fourth-order valence-electron chi connectivity index (χ4n) is 4.57. The van der Waals surface area contributed by atoms with Crippen LogP contribution in [0.15, 0.2) is 29.3 Å². The van der Waals surface area contributed by atoms with Crippen LogP contribution in [0.5, 0.6) is 0 Å². The predicted octanol–water partition coefficient (Wildman–Crippen LogP) is 3.66. The van der Waals surface area contributed by atoms with Crippen LogP contribution in [0.1, 0.15) is 37.7 Å². The lowest BCUT2D eigenvalue weighted by Crippen LogP contribution is -2.43. The third kappa shape index (κ3) is 8.42. The Bertz CT molecular complexity index is 640. The van der Waals surface area contributed by atoms with Crippen LogP contribution in [0.25, 0.3) is 0 Å². The zero-order valence-electron chi connectivity index (χ0n) is 19.7. The number of methoxy groups -OCH3 is 1. The van der Waals surface area contributed by atoms with Crippen LogP contribution in [-0.2, 0) is 11.3 Å². The van der Waals surface area contributed by atoms with Crippen molar-refractivity contribution in [2.45, 2.75) is 38.6 Å². The Hall–Kier alpha value is -1.06. The highest BCUT2D eigenvalue weighted by atomic mass is 127. The van der Waals surface area contributed by atoms with Crippen molar-refractivity contribution < 1.29 is 4.74 Å². The number of hydrogen-bond acceptors (Lipinski definition) is 4. The number of aliphatic imine (C=N–C) groups is 1. The summed E-state index contributed by atoms with van der Waals surface area (Å²) in [5.74, 6) is 1.70. The molecule has 0 spiro atoms. The molecule has 2 fully saturated rings. The molecule has 0 radical (unpaired) electrons. The van der Waals surface area contributed by atoms with Gasteiger partial charge in [-0.25, -0.2) is 0 Å². The van der Waals surface area contributed by atoms with Crippen molar-refractivity contribution in [1.29, 1.82) is 0 Å². The molecule has 3 rings (SSSR count). The zero-order valence-corrected chi connectivity index (χ0v) is 22.0. The topological polar surface area (TPSA) is 43.3 Å². The highest BCUT2D eigenvalue weighted by Crippen LogP contribution is 2.21. The number of anilines is 1. The van der Waals surface area contributed by atoms with Crippen molar-refractivity contribution in [2.24, 2.45) is 10.9 Å². The summed E-state index contributed by atoms with van der Waals surface area (Å²) in [6.45, 7) is 8.50. The second-order valence-corrected chi connectivity index (χ2v) is 8.78. The van der Waals surface area contributed by atoms with Crippen LogP contribution in [0.4, 0.5) is 5.69 Å². The van der Waals surface area contributed by atoms with Crippen molar-refractivity contribution in [2.75, 3.05) is 72.0 Å². The largest absolute Gasteiger partial charge is 0.383 e. The van der Waals surface area contributed by atoms with Crippen molar-refractivity contribution >= 4 is 35.6 Å². The molecule has 176 valence electrons. The van der Waals surface area contributed by atoms with Gasteiger partial charge in [0.2, 0.25) is 0 Å². The minimum atomic E-state index is 0. The minimum Gasteiger partial charge on any atom is -0.383 e. The first kappa shape index (κ1) is 26.2. The van der Waals surface area contributed by atoms with Gasteiger partial charge in [-0.05, 0) is 68.8 Å². The van der Waals surface area contributed by atoms with E-state index in [1.54, 1.807) is 7.11 Å². The zero-order chi connectivity index (χ0) is 21.2. The first-order chi connectivity index (χ1) is 14.7. The maximum absolute atomic E-state index is 5.20. The van der Waals surface area contributed by atoms with E-state index in [0.29, 0.717) is 0 Å². The second kappa shape index (κ2) is 14.2. The molecule has 1 aromatic rings. The molecule has 2 saturated heterocycles. The standard InChI is InChI=1S/C24H41N5O.HI/c1-25-24(26-19-21-11-15-28(16-12-21)17-18-30-3)27(2)20-22-7-9-23(10-8-22)29-13-5-4-6-14-29;/h7-10,21H,4-6,11-20H2,1-3H3,(H,25,26);1H. The van der Waals surface area contributed by atoms with E-state index in [9.17, 15) is 0 Å². The second-order valence-electron chi connectivity index (χ2n) is 8.78. The van der Waals surface area contributed by atoms with Gasteiger partial charge in [-0.15, -0.1) is 24.0 Å². The lowest BCUT2D eigenvalue weighted by atomic mass is 9.97. The third-order valence-corrected chi connectivity index (χ3v) is 6.52. The molecule has 6 nitrogen and oxygen atoms in total. The van der Waals surface area contributed by atoms with Crippen LogP contribution in [-0.4, -0.2) is 82.8 Å². The lowest BCUT2D eigenvalue weighted by molar-refractivity contribution is 0.120. The molecule has 0 atom stereocenters. The number of rotatable bonds is 8. The SMILES string of the molecule is CN=C(NCC1CCN(CCOC)CC1)N(C)Cc1ccc(N2CCCCC2)cc1.I. The monoisotopic (exact) mass is 543 g/mol. The van der Waals surface area contributed by atoms with E-state index < -0.39 is 0 Å². The summed E-state index contributed by atoms with van der Waals surface area (Å²) < 4.78 is 5.20. The number of halogens is 1. The predicted molar refractivity (Wildman–Crippen MR) is 142 cm³/mol. The molecular formula is C24H42IN5O. The van der Waals surface area contributed by atoms with E-state index in [0.717, 1.165) is 38.1 Å². The summed E-state index contributed by atoms with van der Waals surface area (Å²) in [6, 6.07) is 9.09. The smallest absolute Gasteiger partial charge is 0.193 e. The van der Waals surface area contributed by atoms with Gasteiger partial charge < -0.3 is 24.8 Å². The van der Waals surface area contributed by atoms with Crippen molar-refractivity contribution in [1.82, 2.24) is 15.1 Å². The summed E-state index contributed by atoms with van der Waals surface area (Å²) in [6.07, 6.45) is 6.50. The number of hydrogen-bond donors (Lipinski definition) is 1. The van der Waals surface area contributed by atoms with Crippen molar-refractivity contribution in [3.63, 3.8) is 0 Å². The fraction of sp³-hybridized carbons (Fsp3) is 0.708. The van der Waals surface area contributed by atoms with Crippen LogP contribution >= 0.6 is 24.0 Å². The molecule has 0 amide bonds. The van der Waals surface area contributed by atoms with E-state index in [4.69, 9.17) is 4.74 Å². The van der Waals surface area contributed by atoms with Crippen LogP contribution < -0.4 is 10.2 Å². The summed E-state index contributed by atoms with van der Waals surface area (Å²) in [5.41, 5.74) is 2.69. The molecule has 1 N–H and O–H groups in total. The van der Waals surface area contributed by atoms with Gasteiger partial charge in [-0.2, -0.15) is 0 Å². The first-order valence-corrected chi connectivity index (χ1v) is 11.7. The average Bonchev–Trinajstić information content (AvgIpc) is 2.80. The average molecular weight is 544 g/mol. The number of nitrogens with zero attached hydrogens (tertiary/aromatic N) is 4. The Morgan fingerprint density at radius 1 is 1.10 bits per heavy atom. The summed E-state index contributed by atoms with van der Waals surface area (Å²) in [5, 5.41) is 3.60. The summed E-state index contributed by atoms with van der Waals surface area (Å²) in [7, 11) is 5.79. The molecule has 1 aromatic carbocycles. The van der Waals surface area contributed by atoms with Gasteiger partial charge in [-0.3, -0.25) is 4.99 Å². The molecule has 0 aromatic heterocycles. The fourth-order valence-corrected chi connectivity index (χ4v) is 4.57. The minimum absolute atomic E-state index is 0. The molecule has 31 heavy (non-hydrogen) atoms. The highest BCUT2D eigenvalue weighted by molar-refractivity contribution is 14.0. The van der Waals surface area contributed by atoms with E-state index in [1.807, 2.05) is 7.05 Å². The molecule has 2 heterocycles. The van der Waals surface area contributed by atoms with Gasteiger partial charge in [0.05, 0.1) is 6.61 Å². The van der Waals surface area contributed by atoms with Gasteiger partial charge >= 0.3 is 0 Å². The number of benzene rings is 1. The number of nitrogens with one attached hydrogen (secondary N) is 1. The molecular weight excluding hydrogens is 501 g/mol. The molecule has 7 heteroatoms. The number of piperidine rings is 2. The Morgan fingerprint density at radius 2 is 1.77 bits per heavy atom. The van der Waals surface area contributed by atoms with Gasteiger partial charge in [0.15, 0.2) is 5.96 Å². The Labute approximate surface area is 206 Å². The van der Waals surface area contributed by atoms with Crippen LogP contribution in [0, 0.1) is 5.92 Å². The number of ether oxygens (including phenoxy) is 1. The molecule has 2 aliphatic rings. The Kier molecular flexibility index (Phi) is 12.0. The Balaban J connectivity index is 0.00000341. The van der Waals surface area contributed by atoms with E-state index in [2.05, 4.69) is 56.3 Å². The number of guanidine groups is 1. The van der Waals surface area contributed by atoms with E-state index >= 15 is 0 Å². The van der Waals surface area contributed by atoms with Gasteiger partial charge in [0.25, 0.3) is 0 Å². The van der Waals surface area contributed by atoms with Crippen LogP contribution in [0.2, 0.25) is 0 Å². The summed E-state index contributed by atoms with van der Waals surface area (Å²) in [4.78, 5) is 11.8. The first-order valence-electron chi connectivity index (χ1n) is 11.7. The summed E-state index contributed by atoms with van der Waals surface area (Å²) >= 11 is 0. The quantitative estimate of drug-likeness (QED) is 0.308. The Morgan fingerprint density at radius 3 is 2.39 bits per heavy atom. The third-order valence-electron chi connectivity index (χ3n) is 6.52. The highest BCUT2D eigenvalue weighted by Gasteiger charge is 2.19. The lowest BCUT2D eigenvalue weighted by Gasteiger charge is -2.32. The van der Waals surface area contributed by atoms with Gasteiger partial charge in [-0.1, -0.05) is 12.1 Å². The van der Waals surface area contributed by atoms with Crippen molar-refractivity contribution in [3.8, 4) is 0 Å². The molecule has 0 bridgehead atoms. The molecule has 0 unspecified atom stereocenters. The normalized spacial score (nSPS) is 18.5. The molecule has 0 saturated carbocycles. The molecule has 2 aliphatic heterocycles. The van der Waals surface area contributed by atoms with E-state index in [-0.39, 0.29) is 24.0 Å². The van der Waals surface area contributed by atoms with Gasteiger partial charge in [0, 0.05) is 59.6 Å². The van der Waals surface area contributed by atoms with E-state index in [1.165, 1.54) is 69.5 Å². The molecule has 0 aliphatic carbocycles. The van der Waals surface area contributed by atoms with Crippen LogP contribution in [0.3, 0.4) is 0 Å². The van der Waals surface area contributed by atoms with Gasteiger partial charge in [0.1, 0.15) is 0 Å². The maximum atomic E-state index is 5.20.